The van der Waals surface area contributed by atoms with Gasteiger partial charge < -0.3 is 10.4 Å². The third kappa shape index (κ3) is 1.49. The number of alkyl halides is 2. The van der Waals surface area contributed by atoms with E-state index in [2.05, 4.69) is 5.32 Å². The van der Waals surface area contributed by atoms with Crippen molar-refractivity contribution in [2.24, 2.45) is 5.41 Å². The number of rotatable bonds is 4. The molecule has 0 amide bonds. The van der Waals surface area contributed by atoms with Crippen LogP contribution in [-0.4, -0.2) is 29.6 Å². The molecule has 5 heteroatoms. The van der Waals surface area contributed by atoms with Crippen molar-refractivity contribution in [3.8, 4) is 0 Å². The summed E-state index contributed by atoms with van der Waals surface area (Å²) in [4.78, 5) is 10.1. The van der Waals surface area contributed by atoms with E-state index >= 15 is 0 Å². The molecule has 2 rings (SSSR count). The molecule has 1 atom stereocenters. The van der Waals surface area contributed by atoms with Gasteiger partial charge in [-0.3, -0.25) is 0 Å². The Morgan fingerprint density at radius 2 is 2.21 bits per heavy atom. The van der Waals surface area contributed by atoms with E-state index < -0.39 is 18.4 Å². The van der Waals surface area contributed by atoms with Crippen LogP contribution in [0.2, 0.25) is 0 Å². The lowest BCUT2D eigenvalue weighted by Crippen LogP contribution is -2.42. The summed E-state index contributed by atoms with van der Waals surface area (Å²) in [5, 5.41) is 10.8. The minimum Gasteiger partial charge on any atom is -0.477 e. The van der Waals surface area contributed by atoms with Crippen LogP contribution in [0.25, 0.3) is 0 Å². The number of carboxylic acid groups (broad SMARTS) is 1. The zero-order valence-electron chi connectivity index (χ0n) is 7.72. The molecule has 2 fully saturated rings. The molecule has 0 heterocycles. The maximum atomic E-state index is 12.6. The summed E-state index contributed by atoms with van der Waals surface area (Å²) in [5.41, 5.74) is 0.259. The van der Waals surface area contributed by atoms with Gasteiger partial charge in [-0.1, -0.05) is 6.42 Å². The highest BCUT2D eigenvalue weighted by molar-refractivity contribution is 5.75. The molecular weight excluding hydrogens is 192 g/mol. The van der Waals surface area contributed by atoms with Crippen LogP contribution in [0.1, 0.15) is 25.7 Å². The van der Waals surface area contributed by atoms with Crippen molar-refractivity contribution >= 4 is 5.97 Å². The standard InChI is InChI=1S/C9H13F2NO2/c10-9(11,7(13)14)5-12-6-4-8(6)2-1-3-8/h6,12H,1-5H2,(H,13,14). The lowest BCUT2D eigenvalue weighted by molar-refractivity contribution is -0.164. The molecule has 2 N–H and O–H groups in total. The summed E-state index contributed by atoms with van der Waals surface area (Å²) in [7, 11) is 0. The number of carbonyl (C=O) groups is 1. The van der Waals surface area contributed by atoms with Gasteiger partial charge >= 0.3 is 11.9 Å². The Bertz CT molecular complexity index is 264. The second kappa shape index (κ2) is 2.89. The Hall–Kier alpha value is -0.710. The first-order chi connectivity index (χ1) is 6.46. The molecule has 0 aromatic heterocycles. The summed E-state index contributed by atoms with van der Waals surface area (Å²) in [5.74, 6) is -5.68. The first kappa shape index (κ1) is 9.83. The fraction of sp³-hybridized carbons (Fsp3) is 0.889. The fourth-order valence-corrected chi connectivity index (χ4v) is 2.15. The molecule has 14 heavy (non-hydrogen) atoms. The van der Waals surface area contributed by atoms with E-state index in [1.807, 2.05) is 0 Å². The van der Waals surface area contributed by atoms with Crippen LogP contribution < -0.4 is 5.32 Å². The Balaban J connectivity index is 1.76. The van der Waals surface area contributed by atoms with E-state index in [1.165, 1.54) is 6.42 Å². The summed E-state index contributed by atoms with van der Waals surface area (Å²) < 4.78 is 25.3. The van der Waals surface area contributed by atoms with Crippen molar-refractivity contribution in [1.29, 1.82) is 0 Å². The van der Waals surface area contributed by atoms with E-state index in [9.17, 15) is 13.6 Å². The van der Waals surface area contributed by atoms with E-state index in [1.54, 1.807) is 0 Å². The molecule has 1 unspecified atom stereocenters. The van der Waals surface area contributed by atoms with Gasteiger partial charge in [-0.25, -0.2) is 4.79 Å². The van der Waals surface area contributed by atoms with Gasteiger partial charge in [0.15, 0.2) is 0 Å². The quantitative estimate of drug-likeness (QED) is 0.726. The lowest BCUT2D eigenvalue weighted by Gasteiger charge is -2.27. The van der Waals surface area contributed by atoms with E-state index in [-0.39, 0.29) is 11.5 Å². The van der Waals surface area contributed by atoms with Crippen LogP contribution in [0.15, 0.2) is 0 Å². The minimum atomic E-state index is -3.63. The minimum absolute atomic E-state index is 0.126. The van der Waals surface area contributed by atoms with E-state index in [4.69, 9.17) is 5.11 Å². The maximum Gasteiger partial charge on any atom is 0.375 e. The Morgan fingerprint density at radius 1 is 1.57 bits per heavy atom. The molecule has 2 saturated carbocycles. The van der Waals surface area contributed by atoms with Gasteiger partial charge in [0.2, 0.25) is 0 Å². The molecule has 2 aliphatic rings. The first-order valence-corrected chi connectivity index (χ1v) is 4.81. The second-order valence-corrected chi connectivity index (χ2v) is 4.36. The third-order valence-corrected chi connectivity index (χ3v) is 3.42. The zero-order chi connectivity index (χ0) is 10.4. The smallest absolute Gasteiger partial charge is 0.375 e. The largest absolute Gasteiger partial charge is 0.477 e. The highest BCUT2D eigenvalue weighted by atomic mass is 19.3. The number of halogens is 2. The van der Waals surface area contributed by atoms with Gasteiger partial charge in [-0.15, -0.1) is 0 Å². The van der Waals surface area contributed by atoms with Crippen molar-refractivity contribution in [2.75, 3.05) is 6.54 Å². The van der Waals surface area contributed by atoms with Gasteiger partial charge in [0.05, 0.1) is 6.54 Å². The predicted molar refractivity (Wildman–Crippen MR) is 45.3 cm³/mol. The second-order valence-electron chi connectivity index (χ2n) is 4.36. The van der Waals surface area contributed by atoms with Crippen LogP contribution >= 0.6 is 0 Å². The third-order valence-electron chi connectivity index (χ3n) is 3.42. The lowest BCUT2D eigenvalue weighted by atomic mass is 9.81. The molecule has 1 spiro atoms. The number of nitrogens with one attached hydrogen (secondary N) is 1. The normalized spacial score (nSPS) is 28.6. The van der Waals surface area contributed by atoms with Crippen molar-refractivity contribution in [2.45, 2.75) is 37.6 Å². The molecule has 0 radical (unpaired) electrons. The molecule has 3 nitrogen and oxygen atoms in total. The number of carboxylic acids is 1. The van der Waals surface area contributed by atoms with E-state index in [0.717, 1.165) is 19.3 Å². The highest BCUT2D eigenvalue weighted by Crippen LogP contribution is 2.60. The Morgan fingerprint density at radius 3 is 2.57 bits per heavy atom. The number of hydrogen-bond donors (Lipinski definition) is 2. The summed E-state index contributed by atoms with van der Waals surface area (Å²) in [6.07, 6.45) is 4.31. The molecule has 0 saturated heterocycles. The van der Waals surface area contributed by atoms with Crippen LogP contribution in [0, 0.1) is 5.41 Å². The zero-order valence-corrected chi connectivity index (χ0v) is 7.72. The Labute approximate surface area is 80.5 Å². The molecule has 0 aromatic carbocycles. The number of hydrogen-bond acceptors (Lipinski definition) is 2. The molecule has 0 aliphatic heterocycles. The molecular formula is C9H13F2NO2. The van der Waals surface area contributed by atoms with Crippen molar-refractivity contribution in [3.05, 3.63) is 0 Å². The monoisotopic (exact) mass is 205 g/mol. The highest BCUT2D eigenvalue weighted by Gasteiger charge is 2.58. The summed E-state index contributed by atoms with van der Waals surface area (Å²) in [6, 6.07) is 0.126. The van der Waals surface area contributed by atoms with Crippen molar-refractivity contribution in [1.82, 2.24) is 5.32 Å². The molecule has 80 valence electrons. The molecule has 0 aromatic rings. The van der Waals surface area contributed by atoms with Crippen molar-refractivity contribution in [3.63, 3.8) is 0 Å². The first-order valence-electron chi connectivity index (χ1n) is 4.81. The van der Waals surface area contributed by atoms with Gasteiger partial charge in [0, 0.05) is 6.04 Å². The van der Waals surface area contributed by atoms with Gasteiger partial charge in [0.1, 0.15) is 0 Å². The van der Waals surface area contributed by atoms with Gasteiger partial charge in [-0.05, 0) is 24.7 Å². The fourth-order valence-electron chi connectivity index (χ4n) is 2.15. The van der Waals surface area contributed by atoms with Crippen LogP contribution in [-0.2, 0) is 4.79 Å². The molecule has 0 bridgehead atoms. The van der Waals surface area contributed by atoms with Crippen LogP contribution in [0.3, 0.4) is 0 Å². The summed E-state index contributed by atoms with van der Waals surface area (Å²) in [6.45, 7) is -0.741. The average molecular weight is 205 g/mol. The van der Waals surface area contributed by atoms with E-state index in [0.29, 0.717) is 0 Å². The number of aliphatic carboxylic acids is 1. The van der Waals surface area contributed by atoms with Gasteiger partial charge in [0.25, 0.3) is 0 Å². The van der Waals surface area contributed by atoms with Crippen LogP contribution in [0.4, 0.5) is 8.78 Å². The Kier molecular flexibility index (Phi) is 2.03. The molecule has 2 aliphatic carbocycles. The topological polar surface area (TPSA) is 49.3 Å². The average Bonchev–Trinajstić information content (AvgIpc) is 2.74. The van der Waals surface area contributed by atoms with Crippen LogP contribution in [0.5, 0.6) is 0 Å². The summed E-state index contributed by atoms with van der Waals surface area (Å²) >= 11 is 0. The van der Waals surface area contributed by atoms with Gasteiger partial charge in [-0.2, -0.15) is 8.78 Å². The SMILES string of the molecule is O=C(O)C(F)(F)CNC1CC12CCC2. The predicted octanol–water partition coefficient (Wildman–Crippen LogP) is 1.24. The maximum absolute atomic E-state index is 12.6. The van der Waals surface area contributed by atoms with Crippen molar-refractivity contribution < 1.29 is 18.7 Å².